The van der Waals surface area contributed by atoms with Crippen molar-refractivity contribution in [1.29, 1.82) is 0 Å². The van der Waals surface area contributed by atoms with Crippen molar-refractivity contribution in [3.8, 4) is 5.75 Å². The molecule has 0 aliphatic carbocycles. The molecule has 0 unspecified atom stereocenters. The molecular formula is C16H23NO2. The summed E-state index contributed by atoms with van der Waals surface area (Å²) in [5.74, 6) is 1.37. The molecule has 0 radical (unpaired) electrons. The Balaban J connectivity index is 2.15. The third-order valence-electron chi connectivity index (χ3n) is 4.08. The number of methoxy groups -OCH3 is 1. The molecule has 19 heavy (non-hydrogen) atoms. The number of benzene rings is 1. The molecule has 0 saturated heterocycles. The molecule has 1 amide bonds. The second-order valence-electron chi connectivity index (χ2n) is 5.23. The van der Waals surface area contributed by atoms with Crippen LogP contribution in [0.15, 0.2) is 18.2 Å². The summed E-state index contributed by atoms with van der Waals surface area (Å²) in [6, 6.07) is 6.18. The van der Waals surface area contributed by atoms with Crippen molar-refractivity contribution in [3.63, 3.8) is 0 Å². The van der Waals surface area contributed by atoms with Crippen LogP contribution in [0.5, 0.6) is 5.75 Å². The molecule has 1 heterocycles. The summed E-state index contributed by atoms with van der Waals surface area (Å²) < 4.78 is 5.43. The Bertz CT molecular complexity index is 456. The molecule has 1 aliphatic rings. The lowest BCUT2D eigenvalue weighted by Crippen LogP contribution is -2.36. The molecule has 0 aromatic heterocycles. The molecule has 0 fully saturated rings. The maximum Gasteiger partial charge on any atom is 0.225 e. The van der Waals surface area contributed by atoms with Crippen LogP contribution in [0.2, 0.25) is 0 Å². The van der Waals surface area contributed by atoms with Gasteiger partial charge in [0.15, 0.2) is 0 Å². The SMILES string of the molecule is CC[C@H](C)C(=O)N1CCc2cccc(OC)c2CC1. The van der Waals surface area contributed by atoms with Gasteiger partial charge in [-0.2, -0.15) is 0 Å². The molecule has 0 spiro atoms. The first kappa shape index (κ1) is 13.9. The molecule has 3 heteroatoms. The van der Waals surface area contributed by atoms with Crippen molar-refractivity contribution in [2.45, 2.75) is 33.1 Å². The van der Waals surface area contributed by atoms with E-state index in [0.29, 0.717) is 0 Å². The van der Waals surface area contributed by atoms with Gasteiger partial charge in [0, 0.05) is 19.0 Å². The highest BCUT2D eigenvalue weighted by molar-refractivity contribution is 5.78. The van der Waals surface area contributed by atoms with E-state index in [-0.39, 0.29) is 11.8 Å². The zero-order valence-corrected chi connectivity index (χ0v) is 12.1. The molecule has 1 atom stereocenters. The van der Waals surface area contributed by atoms with Crippen molar-refractivity contribution >= 4 is 5.91 Å². The van der Waals surface area contributed by atoms with Gasteiger partial charge in [-0.15, -0.1) is 0 Å². The fraction of sp³-hybridized carbons (Fsp3) is 0.562. The molecule has 0 bridgehead atoms. The highest BCUT2D eigenvalue weighted by Crippen LogP contribution is 2.26. The van der Waals surface area contributed by atoms with E-state index in [4.69, 9.17) is 4.74 Å². The summed E-state index contributed by atoms with van der Waals surface area (Å²) in [6.45, 7) is 5.71. The minimum Gasteiger partial charge on any atom is -0.496 e. The van der Waals surface area contributed by atoms with Gasteiger partial charge in [0.1, 0.15) is 5.75 Å². The molecule has 2 rings (SSSR count). The van der Waals surface area contributed by atoms with Crippen LogP contribution in [-0.2, 0) is 17.6 Å². The zero-order chi connectivity index (χ0) is 13.8. The second-order valence-corrected chi connectivity index (χ2v) is 5.23. The fourth-order valence-electron chi connectivity index (χ4n) is 2.64. The molecule has 1 aromatic carbocycles. The third kappa shape index (κ3) is 2.91. The summed E-state index contributed by atoms with van der Waals surface area (Å²) >= 11 is 0. The first-order valence-corrected chi connectivity index (χ1v) is 7.11. The number of carbonyl (C=O) groups excluding carboxylic acids is 1. The van der Waals surface area contributed by atoms with Crippen LogP contribution >= 0.6 is 0 Å². The number of nitrogens with zero attached hydrogens (tertiary/aromatic N) is 1. The lowest BCUT2D eigenvalue weighted by atomic mass is 10.0. The van der Waals surface area contributed by atoms with E-state index in [9.17, 15) is 4.79 Å². The van der Waals surface area contributed by atoms with Gasteiger partial charge in [-0.3, -0.25) is 4.79 Å². The lowest BCUT2D eigenvalue weighted by molar-refractivity contribution is -0.134. The minimum absolute atomic E-state index is 0.128. The van der Waals surface area contributed by atoms with E-state index in [1.165, 1.54) is 11.1 Å². The molecular weight excluding hydrogens is 238 g/mol. The summed E-state index contributed by atoms with van der Waals surface area (Å²) in [5.41, 5.74) is 2.59. The number of fused-ring (bicyclic) bond motifs is 1. The van der Waals surface area contributed by atoms with E-state index in [0.717, 1.165) is 38.1 Å². The predicted molar refractivity (Wildman–Crippen MR) is 76.4 cm³/mol. The van der Waals surface area contributed by atoms with E-state index >= 15 is 0 Å². The molecule has 1 aliphatic heterocycles. The van der Waals surface area contributed by atoms with Crippen molar-refractivity contribution < 1.29 is 9.53 Å². The van der Waals surface area contributed by atoms with Crippen LogP contribution in [0, 0.1) is 5.92 Å². The van der Waals surface area contributed by atoms with E-state index < -0.39 is 0 Å². The lowest BCUT2D eigenvalue weighted by Gasteiger charge is -2.23. The van der Waals surface area contributed by atoms with Gasteiger partial charge < -0.3 is 9.64 Å². The second kappa shape index (κ2) is 6.09. The number of hydrogen-bond donors (Lipinski definition) is 0. The maximum atomic E-state index is 12.3. The zero-order valence-electron chi connectivity index (χ0n) is 12.1. The van der Waals surface area contributed by atoms with Gasteiger partial charge in [-0.25, -0.2) is 0 Å². The number of rotatable bonds is 3. The smallest absolute Gasteiger partial charge is 0.225 e. The van der Waals surface area contributed by atoms with Crippen molar-refractivity contribution in [2.75, 3.05) is 20.2 Å². The standard InChI is InChI=1S/C16H23NO2/c1-4-12(2)16(18)17-10-8-13-6-5-7-15(19-3)14(13)9-11-17/h5-7,12H,4,8-11H2,1-3H3/t12-/m0/s1. The van der Waals surface area contributed by atoms with Crippen LogP contribution in [0.4, 0.5) is 0 Å². The Labute approximate surface area is 115 Å². The van der Waals surface area contributed by atoms with E-state index in [1.807, 2.05) is 24.0 Å². The van der Waals surface area contributed by atoms with Crippen molar-refractivity contribution in [2.24, 2.45) is 5.92 Å². The summed E-state index contributed by atoms with van der Waals surface area (Å²) in [6.07, 6.45) is 2.72. The van der Waals surface area contributed by atoms with Crippen LogP contribution < -0.4 is 4.74 Å². The van der Waals surface area contributed by atoms with Crippen LogP contribution in [0.3, 0.4) is 0 Å². The average Bonchev–Trinajstić information content (AvgIpc) is 2.67. The first-order valence-electron chi connectivity index (χ1n) is 7.11. The Kier molecular flexibility index (Phi) is 4.46. The summed E-state index contributed by atoms with van der Waals surface area (Å²) in [5, 5.41) is 0. The van der Waals surface area contributed by atoms with Gasteiger partial charge in [0.2, 0.25) is 5.91 Å². The number of carbonyl (C=O) groups is 1. The Hall–Kier alpha value is -1.51. The number of amides is 1. The fourth-order valence-corrected chi connectivity index (χ4v) is 2.64. The normalized spacial score (nSPS) is 16.5. The Morgan fingerprint density at radius 1 is 1.37 bits per heavy atom. The monoisotopic (exact) mass is 261 g/mol. The minimum atomic E-state index is 0.128. The Morgan fingerprint density at radius 3 is 2.79 bits per heavy atom. The first-order chi connectivity index (χ1) is 9.17. The summed E-state index contributed by atoms with van der Waals surface area (Å²) in [7, 11) is 1.71. The maximum absolute atomic E-state index is 12.3. The highest BCUT2D eigenvalue weighted by atomic mass is 16.5. The van der Waals surface area contributed by atoms with E-state index in [2.05, 4.69) is 13.0 Å². The third-order valence-corrected chi connectivity index (χ3v) is 4.08. The molecule has 3 nitrogen and oxygen atoms in total. The highest BCUT2D eigenvalue weighted by Gasteiger charge is 2.23. The van der Waals surface area contributed by atoms with Crippen LogP contribution in [-0.4, -0.2) is 31.0 Å². The molecule has 0 saturated carbocycles. The van der Waals surface area contributed by atoms with Gasteiger partial charge >= 0.3 is 0 Å². The Morgan fingerprint density at radius 2 is 2.11 bits per heavy atom. The summed E-state index contributed by atoms with van der Waals surface area (Å²) in [4.78, 5) is 14.3. The van der Waals surface area contributed by atoms with Gasteiger partial charge in [-0.05, 0) is 36.5 Å². The quantitative estimate of drug-likeness (QED) is 0.837. The van der Waals surface area contributed by atoms with Gasteiger partial charge in [0.05, 0.1) is 7.11 Å². The molecule has 1 aromatic rings. The van der Waals surface area contributed by atoms with Crippen LogP contribution in [0.1, 0.15) is 31.4 Å². The predicted octanol–water partition coefficient (Wildman–Crippen LogP) is 2.67. The topological polar surface area (TPSA) is 29.5 Å². The largest absolute Gasteiger partial charge is 0.496 e. The average molecular weight is 261 g/mol. The van der Waals surface area contributed by atoms with Gasteiger partial charge in [0.25, 0.3) is 0 Å². The van der Waals surface area contributed by atoms with E-state index in [1.54, 1.807) is 7.11 Å². The van der Waals surface area contributed by atoms with Gasteiger partial charge in [-0.1, -0.05) is 26.0 Å². The number of hydrogen-bond acceptors (Lipinski definition) is 2. The van der Waals surface area contributed by atoms with Crippen molar-refractivity contribution in [1.82, 2.24) is 4.90 Å². The van der Waals surface area contributed by atoms with Crippen LogP contribution in [0.25, 0.3) is 0 Å². The number of ether oxygens (including phenoxy) is 1. The molecule has 104 valence electrons. The molecule has 0 N–H and O–H groups in total. The van der Waals surface area contributed by atoms with Crippen molar-refractivity contribution in [3.05, 3.63) is 29.3 Å².